The standard InChI is InChI=1S/C22H30N4O2S/c1-29(27,28)25-14-19-13-24(15-21-23-11-12-26(21)20-7-8-20)16-22(19,17-25)10-9-18-5-3-2-4-6-18/h2-6,11-12,19-20H,7-10,13-17H2,1H3/t19-,22+/m0/s1. The van der Waals surface area contributed by atoms with Crippen molar-refractivity contribution in [1.29, 1.82) is 0 Å². The number of aryl methyl sites for hydroxylation is 1. The highest BCUT2D eigenvalue weighted by molar-refractivity contribution is 7.88. The summed E-state index contributed by atoms with van der Waals surface area (Å²) in [6.07, 6.45) is 9.93. The summed E-state index contributed by atoms with van der Waals surface area (Å²) in [7, 11) is -3.14. The van der Waals surface area contributed by atoms with E-state index in [0.717, 1.165) is 38.3 Å². The predicted octanol–water partition coefficient (Wildman–Crippen LogP) is 2.54. The van der Waals surface area contributed by atoms with Crippen LogP contribution in [-0.2, 0) is 23.0 Å². The van der Waals surface area contributed by atoms with Gasteiger partial charge in [0, 0.05) is 50.0 Å². The van der Waals surface area contributed by atoms with Gasteiger partial charge in [-0.25, -0.2) is 17.7 Å². The van der Waals surface area contributed by atoms with Crippen LogP contribution in [0.1, 0.15) is 36.7 Å². The molecule has 7 heteroatoms. The van der Waals surface area contributed by atoms with Gasteiger partial charge in [0.1, 0.15) is 5.82 Å². The normalized spacial score (nSPS) is 28.1. The molecule has 3 heterocycles. The smallest absolute Gasteiger partial charge is 0.211 e. The fourth-order valence-corrected chi connectivity index (χ4v) is 6.30. The van der Waals surface area contributed by atoms with Gasteiger partial charge in [0.25, 0.3) is 0 Å². The number of fused-ring (bicyclic) bond motifs is 1. The minimum Gasteiger partial charge on any atom is -0.331 e. The van der Waals surface area contributed by atoms with Gasteiger partial charge in [-0.15, -0.1) is 0 Å². The van der Waals surface area contributed by atoms with Crippen LogP contribution in [0.5, 0.6) is 0 Å². The van der Waals surface area contributed by atoms with E-state index < -0.39 is 10.0 Å². The lowest BCUT2D eigenvalue weighted by atomic mass is 9.76. The summed E-state index contributed by atoms with van der Waals surface area (Å²) in [5, 5.41) is 0. The number of hydrogen-bond acceptors (Lipinski definition) is 4. The number of rotatable bonds is 7. The van der Waals surface area contributed by atoms with Crippen molar-refractivity contribution < 1.29 is 8.42 Å². The summed E-state index contributed by atoms with van der Waals surface area (Å²) in [5.41, 5.74) is 1.37. The number of sulfonamides is 1. The van der Waals surface area contributed by atoms with Crippen LogP contribution in [0, 0.1) is 11.3 Å². The quantitative estimate of drug-likeness (QED) is 0.699. The monoisotopic (exact) mass is 414 g/mol. The molecule has 2 aromatic rings. The number of benzene rings is 1. The highest BCUT2D eigenvalue weighted by Crippen LogP contribution is 2.47. The van der Waals surface area contributed by atoms with Crippen LogP contribution in [0.15, 0.2) is 42.7 Å². The molecule has 0 radical (unpaired) electrons. The molecule has 1 saturated carbocycles. The highest BCUT2D eigenvalue weighted by Gasteiger charge is 2.53. The van der Waals surface area contributed by atoms with Crippen molar-refractivity contribution in [2.24, 2.45) is 11.3 Å². The zero-order valence-electron chi connectivity index (χ0n) is 17.1. The van der Waals surface area contributed by atoms with Crippen molar-refractivity contribution in [3.8, 4) is 0 Å². The fraction of sp³-hybridized carbons (Fsp3) is 0.591. The summed E-state index contributed by atoms with van der Waals surface area (Å²) in [6, 6.07) is 11.2. The molecule has 0 amide bonds. The Kier molecular flexibility index (Phi) is 4.80. The summed E-state index contributed by atoms with van der Waals surface area (Å²) < 4.78 is 28.5. The Labute approximate surface area is 173 Å². The third-order valence-corrected chi connectivity index (χ3v) is 8.29. The molecular formula is C22H30N4O2S. The summed E-state index contributed by atoms with van der Waals surface area (Å²) in [6.45, 7) is 4.08. The summed E-state index contributed by atoms with van der Waals surface area (Å²) in [5.74, 6) is 1.55. The Morgan fingerprint density at radius 1 is 1.14 bits per heavy atom. The highest BCUT2D eigenvalue weighted by atomic mass is 32.2. The van der Waals surface area contributed by atoms with Crippen molar-refractivity contribution in [3.63, 3.8) is 0 Å². The molecule has 1 aliphatic carbocycles. The molecule has 1 aromatic carbocycles. The molecule has 0 spiro atoms. The predicted molar refractivity (Wildman–Crippen MR) is 113 cm³/mol. The van der Waals surface area contributed by atoms with Gasteiger partial charge in [-0.3, -0.25) is 4.90 Å². The molecule has 3 fully saturated rings. The topological polar surface area (TPSA) is 58.4 Å². The van der Waals surface area contributed by atoms with Gasteiger partial charge >= 0.3 is 0 Å². The molecular weight excluding hydrogens is 384 g/mol. The number of hydrogen-bond donors (Lipinski definition) is 0. The van der Waals surface area contributed by atoms with Gasteiger partial charge in [0.15, 0.2) is 0 Å². The second-order valence-corrected chi connectivity index (χ2v) is 11.2. The zero-order chi connectivity index (χ0) is 20.1. The molecule has 0 N–H and O–H groups in total. The minimum absolute atomic E-state index is 0.0376. The SMILES string of the molecule is CS(=O)(=O)N1C[C@@H]2CN(Cc3nccn3C3CC3)C[C@]2(CCc2ccccc2)C1. The average molecular weight is 415 g/mol. The van der Waals surface area contributed by atoms with Crippen molar-refractivity contribution >= 4 is 10.0 Å². The Balaban J connectivity index is 1.33. The second-order valence-electron chi connectivity index (χ2n) is 9.25. The second kappa shape index (κ2) is 7.22. The molecule has 2 aliphatic heterocycles. The third-order valence-electron chi connectivity index (χ3n) is 7.08. The van der Waals surface area contributed by atoms with Crippen LogP contribution >= 0.6 is 0 Å². The zero-order valence-corrected chi connectivity index (χ0v) is 17.9. The Morgan fingerprint density at radius 3 is 2.66 bits per heavy atom. The van der Waals surface area contributed by atoms with E-state index in [1.54, 1.807) is 4.31 Å². The fourth-order valence-electron chi connectivity index (χ4n) is 5.36. The maximum Gasteiger partial charge on any atom is 0.211 e. The first-order chi connectivity index (χ1) is 13.9. The molecule has 6 nitrogen and oxygen atoms in total. The van der Waals surface area contributed by atoms with Gasteiger partial charge in [-0.2, -0.15) is 0 Å². The Morgan fingerprint density at radius 2 is 1.93 bits per heavy atom. The molecule has 3 aliphatic rings. The first-order valence-electron chi connectivity index (χ1n) is 10.7. The van der Waals surface area contributed by atoms with E-state index in [1.165, 1.54) is 24.7 Å². The van der Waals surface area contributed by atoms with Gasteiger partial charge in [0.05, 0.1) is 12.8 Å². The first kappa shape index (κ1) is 19.3. The van der Waals surface area contributed by atoms with Crippen molar-refractivity contribution in [2.45, 2.75) is 38.3 Å². The molecule has 29 heavy (non-hydrogen) atoms. The number of likely N-dealkylation sites (tertiary alicyclic amines) is 1. The van der Waals surface area contributed by atoms with E-state index in [-0.39, 0.29) is 5.41 Å². The van der Waals surface area contributed by atoms with Crippen LogP contribution in [0.25, 0.3) is 0 Å². The van der Waals surface area contributed by atoms with E-state index >= 15 is 0 Å². The van der Waals surface area contributed by atoms with Gasteiger partial charge in [-0.05, 0) is 37.2 Å². The van der Waals surface area contributed by atoms with Crippen molar-refractivity contribution in [3.05, 3.63) is 54.1 Å². The van der Waals surface area contributed by atoms with E-state index in [0.29, 0.717) is 25.0 Å². The van der Waals surface area contributed by atoms with E-state index in [4.69, 9.17) is 0 Å². The number of imidazole rings is 1. The Hall–Kier alpha value is -1.70. The summed E-state index contributed by atoms with van der Waals surface area (Å²) in [4.78, 5) is 7.13. The molecule has 1 aromatic heterocycles. The third kappa shape index (κ3) is 3.88. The maximum atomic E-state index is 12.2. The van der Waals surface area contributed by atoms with Crippen LogP contribution in [0.3, 0.4) is 0 Å². The van der Waals surface area contributed by atoms with Crippen LogP contribution < -0.4 is 0 Å². The van der Waals surface area contributed by atoms with Gasteiger partial charge < -0.3 is 4.57 Å². The number of aromatic nitrogens is 2. The maximum absolute atomic E-state index is 12.2. The molecule has 0 bridgehead atoms. The van der Waals surface area contributed by atoms with Gasteiger partial charge in [0.2, 0.25) is 10.0 Å². The van der Waals surface area contributed by atoms with E-state index in [2.05, 4.69) is 44.9 Å². The lowest BCUT2D eigenvalue weighted by Crippen LogP contribution is -2.37. The van der Waals surface area contributed by atoms with Crippen molar-refractivity contribution in [2.75, 3.05) is 32.4 Å². The molecule has 156 valence electrons. The largest absolute Gasteiger partial charge is 0.331 e. The minimum atomic E-state index is -3.14. The Bertz CT molecular complexity index is 970. The van der Waals surface area contributed by atoms with Crippen LogP contribution in [-0.4, -0.2) is 59.6 Å². The molecule has 5 rings (SSSR count). The number of nitrogens with zero attached hydrogens (tertiary/aromatic N) is 4. The summed E-state index contributed by atoms with van der Waals surface area (Å²) >= 11 is 0. The van der Waals surface area contributed by atoms with E-state index in [1.807, 2.05) is 12.3 Å². The van der Waals surface area contributed by atoms with Gasteiger partial charge in [-0.1, -0.05) is 30.3 Å². The molecule has 2 saturated heterocycles. The molecule has 2 atom stereocenters. The molecule has 0 unspecified atom stereocenters. The van der Waals surface area contributed by atoms with Crippen molar-refractivity contribution in [1.82, 2.24) is 18.8 Å². The average Bonchev–Trinajstić information content (AvgIpc) is 3.17. The lowest BCUT2D eigenvalue weighted by molar-refractivity contribution is 0.220. The lowest BCUT2D eigenvalue weighted by Gasteiger charge is -2.29. The van der Waals surface area contributed by atoms with Crippen LogP contribution in [0.2, 0.25) is 0 Å². The first-order valence-corrected chi connectivity index (χ1v) is 12.5. The van der Waals surface area contributed by atoms with E-state index in [9.17, 15) is 8.42 Å². The van der Waals surface area contributed by atoms with Crippen LogP contribution in [0.4, 0.5) is 0 Å².